The summed E-state index contributed by atoms with van der Waals surface area (Å²) in [6.45, 7) is 7.82. The molecule has 1 atom stereocenters. The van der Waals surface area contributed by atoms with E-state index in [0.717, 1.165) is 21.2 Å². The topological polar surface area (TPSA) is 125 Å². The zero-order valence-electron chi connectivity index (χ0n) is 24.5. The van der Waals surface area contributed by atoms with Crippen molar-refractivity contribution in [2.24, 2.45) is 0 Å². The number of amides is 1. The fourth-order valence-electron chi connectivity index (χ4n) is 5.50. The lowest BCUT2D eigenvalue weighted by molar-refractivity contribution is -0.126. The van der Waals surface area contributed by atoms with Crippen LogP contribution in [0.15, 0.2) is 59.7 Å². The first-order valence-corrected chi connectivity index (χ1v) is 15.5. The molecule has 11 nitrogen and oxygen atoms in total. The first-order valence-electron chi connectivity index (χ1n) is 13.7. The second-order valence-electron chi connectivity index (χ2n) is 10.7. The lowest BCUT2D eigenvalue weighted by atomic mass is 10.0. The molecule has 0 saturated carbocycles. The number of halogens is 2. The van der Waals surface area contributed by atoms with Gasteiger partial charge in [0.1, 0.15) is 23.2 Å². The van der Waals surface area contributed by atoms with E-state index in [1.807, 2.05) is 6.92 Å². The molecule has 3 heterocycles. The van der Waals surface area contributed by atoms with Crippen LogP contribution in [0, 0.1) is 12.7 Å². The lowest BCUT2D eigenvalue weighted by Gasteiger charge is -2.41. The van der Waals surface area contributed by atoms with Gasteiger partial charge in [0.05, 0.1) is 28.8 Å². The maximum Gasteiger partial charge on any atom is 0.357 e. The summed E-state index contributed by atoms with van der Waals surface area (Å²) in [7, 11) is -2.48. The van der Waals surface area contributed by atoms with E-state index in [1.54, 1.807) is 28.9 Å². The highest BCUT2D eigenvalue weighted by atomic mass is 32.2. The Labute approximate surface area is 253 Å². The minimum absolute atomic E-state index is 0.106. The number of fused-ring (bicyclic) bond motifs is 1. The Hall–Kier alpha value is -4.72. The monoisotopic (exact) mass is 627 g/mol. The number of ether oxygens (including phenoxy) is 1. The van der Waals surface area contributed by atoms with Gasteiger partial charge in [0.25, 0.3) is 0 Å². The predicted molar refractivity (Wildman–Crippen MR) is 162 cm³/mol. The molecule has 2 aliphatic heterocycles. The van der Waals surface area contributed by atoms with E-state index >= 15 is 4.39 Å². The van der Waals surface area contributed by atoms with Gasteiger partial charge in [-0.05, 0) is 43.7 Å². The summed E-state index contributed by atoms with van der Waals surface area (Å²) in [5.41, 5.74) is -0.563. The molecular formula is C30H31F2N5O6S. The van der Waals surface area contributed by atoms with Gasteiger partial charge in [0.15, 0.2) is 5.76 Å². The molecule has 3 aromatic rings. The molecular weight excluding hydrogens is 596 g/mol. The fourth-order valence-corrected chi connectivity index (χ4v) is 6.01. The second kappa shape index (κ2) is 11.4. The van der Waals surface area contributed by atoms with E-state index in [-0.39, 0.29) is 60.2 Å². The number of carbonyl (C=O) groups is 1. The molecule has 2 aliphatic rings. The molecule has 1 N–H and O–H groups in total. The molecule has 1 saturated heterocycles. The number of aryl methyl sites for hydroxylation is 1. The second-order valence-corrected chi connectivity index (χ2v) is 12.7. The number of benzene rings is 2. The van der Waals surface area contributed by atoms with Crippen LogP contribution in [0.3, 0.4) is 0 Å². The van der Waals surface area contributed by atoms with Gasteiger partial charge in [0.2, 0.25) is 21.8 Å². The molecule has 0 spiro atoms. The quantitative estimate of drug-likeness (QED) is 0.413. The Morgan fingerprint density at radius 3 is 2.55 bits per heavy atom. The first-order chi connectivity index (χ1) is 20.7. The van der Waals surface area contributed by atoms with Gasteiger partial charge in [-0.3, -0.25) is 9.10 Å². The van der Waals surface area contributed by atoms with Crippen LogP contribution in [-0.4, -0.2) is 72.9 Å². The average molecular weight is 628 g/mol. The van der Waals surface area contributed by atoms with Crippen LogP contribution in [-0.2, 0) is 21.2 Å². The summed E-state index contributed by atoms with van der Waals surface area (Å²) in [5.74, 6) is -3.43. The van der Waals surface area contributed by atoms with E-state index in [0.29, 0.717) is 5.56 Å². The number of allylic oxidation sites excluding steroid dienone is 1. The Bertz CT molecular complexity index is 1870. The van der Waals surface area contributed by atoms with Crippen LogP contribution >= 0.6 is 0 Å². The molecule has 1 aromatic heterocycles. The molecule has 232 valence electrons. The van der Waals surface area contributed by atoms with Crippen molar-refractivity contribution in [1.29, 1.82) is 0 Å². The van der Waals surface area contributed by atoms with E-state index in [4.69, 9.17) is 4.74 Å². The number of sulfonamides is 1. The number of hydrogen-bond acceptors (Lipinski definition) is 8. The number of rotatable bonds is 6. The number of phenolic OH excluding ortho intramolecular Hbond substituents is 1. The van der Waals surface area contributed by atoms with Gasteiger partial charge < -0.3 is 19.6 Å². The molecule has 14 heteroatoms. The molecule has 1 amide bonds. The van der Waals surface area contributed by atoms with Gasteiger partial charge in [-0.15, -0.1) is 0 Å². The maximum absolute atomic E-state index is 15.9. The van der Waals surface area contributed by atoms with Crippen molar-refractivity contribution in [1.82, 2.24) is 14.5 Å². The number of nitrogens with zero attached hydrogens (tertiary/aromatic N) is 5. The van der Waals surface area contributed by atoms with Crippen LogP contribution in [0.1, 0.15) is 23.6 Å². The standard InChI is InChI=1S/C30H31F2N5O6S/c1-6-24(39)35-13-14-36(18(3)16-35)28-19-15-21(32)27(25-20(31)10-8-12-23(25)38)43-29(19)37(30(40)33-28)26-17(2)9-7-11-22(26)34(4)44(5,41)42/h6-12,18,38H,1,13-16H2,2-5H3/t18-/m0/s1. The van der Waals surface area contributed by atoms with Crippen LogP contribution in [0.2, 0.25) is 0 Å². The molecule has 0 aliphatic carbocycles. The van der Waals surface area contributed by atoms with E-state index in [9.17, 15) is 27.5 Å². The highest BCUT2D eigenvalue weighted by molar-refractivity contribution is 7.92. The Morgan fingerprint density at radius 1 is 1.20 bits per heavy atom. The van der Waals surface area contributed by atoms with Crippen LogP contribution in [0.25, 0.3) is 11.4 Å². The van der Waals surface area contributed by atoms with Crippen molar-refractivity contribution in [3.8, 4) is 17.3 Å². The summed E-state index contributed by atoms with van der Waals surface area (Å²) in [5, 5.41) is 10.5. The van der Waals surface area contributed by atoms with E-state index in [1.165, 1.54) is 31.3 Å². The Morgan fingerprint density at radius 2 is 1.91 bits per heavy atom. The zero-order valence-corrected chi connectivity index (χ0v) is 25.4. The van der Waals surface area contributed by atoms with Crippen LogP contribution < -0.4 is 19.6 Å². The Balaban J connectivity index is 1.77. The van der Waals surface area contributed by atoms with Crippen molar-refractivity contribution in [3.63, 3.8) is 0 Å². The highest BCUT2D eigenvalue weighted by Gasteiger charge is 2.36. The minimum Gasteiger partial charge on any atom is -0.507 e. The number of anilines is 2. The number of aromatic hydroxyl groups is 1. The minimum atomic E-state index is -3.80. The Kier molecular flexibility index (Phi) is 7.97. The predicted octanol–water partition coefficient (Wildman–Crippen LogP) is 3.28. The molecule has 5 rings (SSSR count). The van der Waals surface area contributed by atoms with Crippen molar-refractivity contribution >= 4 is 33.2 Å². The molecule has 2 aromatic carbocycles. The van der Waals surface area contributed by atoms with Crippen molar-refractivity contribution in [2.45, 2.75) is 26.3 Å². The van der Waals surface area contributed by atoms with Crippen molar-refractivity contribution in [3.05, 3.63) is 87.9 Å². The van der Waals surface area contributed by atoms with Crippen molar-refractivity contribution < 1.29 is 31.8 Å². The third kappa shape index (κ3) is 5.29. The number of para-hydroxylation sites is 1. The molecule has 44 heavy (non-hydrogen) atoms. The molecule has 0 unspecified atom stereocenters. The largest absolute Gasteiger partial charge is 0.507 e. The van der Waals surface area contributed by atoms with E-state index in [2.05, 4.69) is 11.6 Å². The highest BCUT2D eigenvalue weighted by Crippen LogP contribution is 2.44. The third-order valence-corrected chi connectivity index (χ3v) is 8.97. The summed E-state index contributed by atoms with van der Waals surface area (Å²) in [6.07, 6.45) is 1.73. The molecule has 0 radical (unpaired) electrons. The normalized spacial score (nSPS) is 16.8. The van der Waals surface area contributed by atoms with Gasteiger partial charge >= 0.3 is 5.69 Å². The van der Waals surface area contributed by atoms with Gasteiger partial charge in [0, 0.05) is 39.1 Å². The number of hydrogen-bond donors (Lipinski definition) is 1. The molecule has 0 bridgehead atoms. The van der Waals surface area contributed by atoms with Gasteiger partial charge in [-0.1, -0.05) is 24.8 Å². The average Bonchev–Trinajstić information content (AvgIpc) is 2.96. The smallest absolute Gasteiger partial charge is 0.357 e. The lowest BCUT2D eigenvalue weighted by Crippen LogP contribution is -2.54. The molecule has 1 fully saturated rings. The van der Waals surface area contributed by atoms with Gasteiger partial charge in [-0.25, -0.2) is 26.6 Å². The number of phenols is 1. The maximum atomic E-state index is 15.9. The number of aromatic nitrogens is 2. The van der Waals surface area contributed by atoms with Gasteiger partial charge in [-0.2, -0.15) is 4.98 Å². The van der Waals surface area contributed by atoms with Crippen molar-refractivity contribution in [2.75, 3.05) is 42.1 Å². The SMILES string of the molecule is C=CC(=O)N1CCN(c2nc(=O)n(-c3c(C)cccc3N(C)S(C)(=O)=O)c3c2CC(F)=C(c2c(O)cccc2F)O3)[C@@H](C)C1. The first kappa shape index (κ1) is 30.7. The third-order valence-electron chi connectivity index (χ3n) is 7.78. The zero-order chi connectivity index (χ0) is 32.1. The summed E-state index contributed by atoms with van der Waals surface area (Å²) in [4.78, 5) is 33.9. The summed E-state index contributed by atoms with van der Waals surface area (Å²) < 4.78 is 64.1. The summed E-state index contributed by atoms with van der Waals surface area (Å²) in [6, 6.07) is 7.87. The fraction of sp³-hybridized carbons (Fsp3) is 0.300. The number of piperazine rings is 1. The van der Waals surface area contributed by atoms with Crippen LogP contribution in [0.5, 0.6) is 11.6 Å². The van der Waals surface area contributed by atoms with E-state index < -0.39 is 50.9 Å². The van der Waals surface area contributed by atoms with Crippen LogP contribution in [0.4, 0.5) is 20.3 Å². The number of carbonyl (C=O) groups excluding carboxylic acids is 1. The summed E-state index contributed by atoms with van der Waals surface area (Å²) >= 11 is 0.